The molecule has 1 fully saturated rings. The molecule has 0 spiro atoms. The molecule has 1 aliphatic rings. The van der Waals surface area contributed by atoms with E-state index in [9.17, 15) is 9.59 Å². The SMILES string of the molecule is CC(C)CCCCCOC(=O)OC1CCCC(OC(=O)OC(C)(C)C)C1. The van der Waals surface area contributed by atoms with E-state index in [4.69, 9.17) is 18.9 Å². The van der Waals surface area contributed by atoms with Crippen molar-refractivity contribution >= 4 is 12.3 Å². The quantitative estimate of drug-likeness (QED) is 0.407. The van der Waals surface area contributed by atoms with Crippen LogP contribution in [0.25, 0.3) is 0 Å². The van der Waals surface area contributed by atoms with Gasteiger partial charge in [-0.15, -0.1) is 0 Å². The van der Waals surface area contributed by atoms with Crippen LogP contribution in [0.15, 0.2) is 0 Å². The van der Waals surface area contributed by atoms with Crippen molar-refractivity contribution in [2.24, 2.45) is 5.92 Å². The maximum Gasteiger partial charge on any atom is 0.509 e. The van der Waals surface area contributed by atoms with Crippen LogP contribution in [0.1, 0.15) is 86.0 Å². The van der Waals surface area contributed by atoms with Gasteiger partial charge in [-0.25, -0.2) is 9.59 Å². The molecule has 26 heavy (non-hydrogen) atoms. The highest BCUT2D eigenvalue weighted by molar-refractivity contribution is 5.61. The van der Waals surface area contributed by atoms with Crippen LogP contribution in [0.3, 0.4) is 0 Å². The molecule has 1 saturated carbocycles. The number of hydrogen-bond donors (Lipinski definition) is 0. The molecule has 152 valence electrons. The van der Waals surface area contributed by atoms with Gasteiger partial charge in [0.25, 0.3) is 0 Å². The molecule has 6 heteroatoms. The number of ether oxygens (including phenoxy) is 4. The summed E-state index contributed by atoms with van der Waals surface area (Å²) in [6.07, 6.45) is 5.25. The molecule has 0 radical (unpaired) electrons. The smallest absolute Gasteiger partial charge is 0.434 e. The van der Waals surface area contributed by atoms with Gasteiger partial charge in [-0.1, -0.05) is 33.1 Å². The van der Waals surface area contributed by atoms with Crippen molar-refractivity contribution in [2.75, 3.05) is 6.61 Å². The first kappa shape index (κ1) is 22.6. The molecule has 0 aliphatic heterocycles. The highest BCUT2D eigenvalue weighted by atomic mass is 16.7. The Morgan fingerprint density at radius 3 is 2.15 bits per heavy atom. The molecule has 2 atom stereocenters. The summed E-state index contributed by atoms with van der Waals surface area (Å²) in [4.78, 5) is 23.5. The largest absolute Gasteiger partial charge is 0.509 e. The summed E-state index contributed by atoms with van der Waals surface area (Å²) < 4.78 is 21.0. The number of carbonyl (C=O) groups excluding carboxylic acids is 2. The molecule has 0 bridgehead atoms. The second-order valence-electron chi connectivity index (χ2n) is 8.45. The highest BCUT2D eigenvalue weighted by Gasteiger charge is 2.29. The first-order valence-corrected chi connectivity index (χ1v) is 9.88. The molecule has 0 amide bonds. The molecule has 6 nitrogen and oxygen atoms in total. The molecule has 0 aromatic rings. The van der Waals surface area contributed by atoms with Gasteiger partial charge in [0, 0.05) is 6.42 Å². The van der Waals surface area contributed by atoms with E-state index in [2.05, 4.69) is 13.8 Å². The lowest BCUT2D eigenvalue weighted by Crippen LogP contribution is -2.33. The third kappa shape index (κ3) is 11.2. The fraction of sp³-hybridized carbons (Fsp3) is 0.900. The van der Waals surface area contributed by atoms with E-state index in [1.54, 1.807) is 20.8 Å². The van der Waals surface area contributed by atoms with Crippen molar-refractivity contribution in [3.05, 3.63) is 0 Å². The van der Waals surface area contributed by atoms with Crippen molar-refractivity contribution in [1.29, 1.82) is 0 Å². The molecular weight excluding hydrogens is 336 g/mol. The molecule has 2 unspecified atom stereocenters. The fourth-order valence-corrected chi connectivity index (χ4v) is 2.88. The van der Waals surface area contributed by atoms with Crippen LogP contribution in [-0.4, -0.2) is 36.7 Å². The van der Waals surface area contributed by atoms with Gasteiger partial charge in [-0.3, -0.25) is 0 Å². The Kier molecular flexibility index (Phi) is 9.81. The van der Waals surface area contributed by atoms with Crippen LogP contribution < -0.4 is 0 Å². The summed E-state index contributed by atoms with van der Waals surface area (Å²) in [6, 6.07) is 0. The van der Waals surface area contributed by atoms with Crippen LogP contribution in [0.2, 0.25) is 0 Å². The van der Waals surface area contributed by atoms with Crippen LogP contribution in [0, 0.1) is 5.92 Å². The summed E-state index contributed by atoms with van der Waals surface area (Å²) in [5.74, 6) is 0.711. The zero-order valence-corrected chi connectivity index (χ0v) is 17.0. The Morgan fingerprint density at radius 2 is 1.58 bits per heavy atom. The predicted octanol–water partition coefficient (Wildman–Crippen LogP) is 5.62. The maximum absolute atomic E-state index is 11.8. The van der Waals surface area contributed by atoms with Crippen molar-refractivity contribution in [3.63, 3.8) is 0 Å². The third-order valence-electron chi connectivity index (χ3n) is 4.14. The van der Waals surface area contributed by atoms with Crippen LogP contribution in [-0.2, 0) is 18.9 Å². The summed E-state index contributed by atoms with van der Waals surface area (Å²) >= 11 is 0. The van der Waals surface area contributed by atoms with Crippen LogP contribution in [0.5, 0.6) is 0 Å². The van der Waals surface area contributed by atoms with Gasteiger partial charge in [-0.05, 0) is 52.4 Å². The maximum atomic E-state index is 11.8. The molecule has 1 rings (SSSR count). The minimum atomic E-state index is -0.674. The van der Waals surface area contributed by atoms with Gasteiger partial charge in [-0.2, -0.15) is 0 Å². The minimum absolute atomic E-state index is 0.273. The van der Waals surface area contributed by atoms with E-state index in [1.165, 1.54) is 6.42 Å². The van der Waals surface area contributed by atoms with E-state index in [0.29, 0.717) is 18.9 Å². The average Bonchev–Trinajstić information content (AvgIpc) is 2.48. The van der Waals surface area contributed by atoms with E-state index in [0.717, 1.165) is 38.5 Å². The Balaban J connectivity index is 2.19. The van der Waals surface area contributed by atoms with E-state index in [-0.39, 0.29) is 12.2 Å². The van der Waals surface area contributed by atoms with Gasteiger partial charge in [0.15, 0.2) is 0 Å². The molecular formula is C20H36O6. The summed E-state index contributed by atoms with van der Waals surface area (Å²) in [5.41, 5.74) is -0.583. The van der Waals surface area contributed by atoms with Gasteiger partial charge in [0.05, 0.1) is 6.61 Å². The Bertz CT molecular complexity index is 427. The zero-order valence-electron chi connectivity index (χ0n) is 17.0. The van der Waals surface area contributed by atoms with Gasteiger partial charge in [0.1, 0.15) is 17.8 Å². The monoisotopic (exact) mass is 372 g/mol. The van der Waals surface area contributed by atoms with Crippen molar-refractivity contribution in [1.82, 2.24) is 0 Å². The minimum Gasteiger partial charge on any atom is -0.434 e. The highest BCUT2D eigenvalue weighted by Crippen LogP contribution is 2.25. The first-order chi connectivity index (χ1) is 12.2. The van der Waals surface area contributed by atoms with Gasteiger partial charge in [0.2, 0.25) is 0 Å². The number of carbonyl (C=O) groups is 2. The second-order valence-corrected chi connectivity index (χ2v) is 8.45. The number of hydrogen-bond acceptors (Lipinski definition) is 6. The third-order valence-corrected chi connectivity index (χ3v) is 4.14. The van der Waals surface area contributed by atoms with E-state index >= 15 is 0 Å². The Hall–Kier alpha value is -1.46. The molecule has 0 aromatic carbocycles. The average molecular weight is 373 g/mol. The Morgan fingerprint density at radius 1 is 0.962 bits per heavy atom. The lowest BCUT2D eigenvalue weighted by molar-refractivity contribution is -0.0548. The molecule has 1 aliphatic carbocycles. The van der Waals surface area contributed by atoms with Crippen molar-refractivity contribution < 1.29 is 28.5 Å². The molecule has 0 N–H and O–H groups in total. The fourth-order valence-electron chi connectivity index (χ4n) is 2.88. The second kappa shape index (κ2) is 11.3. The van der Waals surface area contributed by atoms with Gasteiger partial charge < -0.3 is 18.9 Å². The summed E-state index contributed by atoms with van der Waals surface area (Å²) in [5, 5.41) is 0. The van der Waals surface area contributed by atoms with Crippen molar-refractivity contribution in [2.45, 2.75) is 104 Å². The molecule has 0 aromatic heterocycles. The van der Waals surface area contributed by atoms with Crippen LogP contribution >= 0.6 is 0 Å². The number of unbranched alkanes of at least 4 members (excludes halogenated alkanes) is 2. The zero-order chi connectivity index (χ0) is 19.6. The predicted molar refractivity (Wildman–Crippen MR) is 99.1 cm³/mol. The molecule has 0 saturated heterocycles. The normalized spacial score (nSPS) is 20.5. The lowest BCUT2D eigenvalue weighted by atomic mass is 9.95. The van der Waals surface area contributed by atoms with Crippen molar-refractivity contribution in [3.8, 4) is 0 Å². The topological polar surface area (TPSA) is 71.1 Å². The molecule has 0 heterocycles. The lowest BCUT2D eigenvalue weighted by Gasteiger charge is -2.29. The van der Waals surface area contributed by atoms with E-state index in [1.807, 2.05) is 0 Å². The number of rotatable bonds is 8. The summed E-state index contributed by atoms with van der Waals surface area (Å²) in [7, 11) is 0. The first-order valence-electron chi connectivity index (χ1n) is 9.88. The summed E-state index contributed by atoms with van der Waals surface area (Å²) in [6.45, 7) is 10.2. The van der Waals surface area contributed by atoms with Crippen LogP contribution in [0.4, 0.5) is 9.59 Å². The van der Waals surface area contributed by atoms with Gasteiger partial charge >= 0.3 is 12.3 Å². The van der Waals surface area contributed by atoms with E-state index < -0.39 is 17.9 Å². The Labute approximate surface area is 157 Å². The standard InChI is InChI=1S/C20H36O6/c1-15(2)10-7-6-8-13-23-18(21)24-16-11-9-12-17(14-16)25-19(22)26-20(3,4)5/h15-17H,6-14H2,1-5H3.